The van der Waals surface area contributed by atoms with E-state index in [1.165, 1.54) is 18.8 Å². The Hall–Kier alpha value is -4.31. The lowest BCUT2D eigenvalue weighted by atomic mass is 10.2. The summed E-state index contributed by atoms with van der Waals surface area (Å²) in [6, 6.07) is 18.4. The largest absolute Gasteiger partial charge is 0.493 e. The van der Waals surface area contributed by atoms with Crippen molar-refractivity contribution in [3.05, 3.63) is 89.7 Å². The highest BCUT2D eigenvalue weighted by molar-refractivity contribution is 7.93. The fourth-order valence-corrected chi connectivity index (χ4v) is 3.29. The summed E-state index contributed by atoms with van der Waals surface area (Å²) < 4.78 is 38.0. The number of hydrogen-bond donors (Lipinski definition) is 0. The van der Waals surface area contributed by atoms with Crippen molar-refractivity contribution in [2.75, 3.05) is 20.5 Å². The lowest BCUT2D eigenvalue weighted by molar-refractivity contribution is 0.344. The van der Waals surface area contributed by atoms with Gasteiger partial charge in [0.1, 0.15) is 0 Å². The number of hydrogen-bond acceptors (Lipinski definition) is 9. The molecule has 0 aliphatic rings. The standard InChI is InChI=1S/C17H16N4O3.C9H10O2S/c1-11-14(24-13-8-5-4-7-12(13)22-2)17(23-3)21-16(20-11)15-18-9-6-10-19-15;1-12(10,11)8-7-9-5-3-2-4-6-9/h4-10H,1-3H3;2-8H,1H3/b;8-7+. The Kier molecular flexibility index (Phi) is 9.07. The summed E-state index contributed by atoms with van der Waals surface area (Å²) in [5.41, 5.74) is 1.50. The minimum atomic E-state index is -3.00. The summed E-state index contributed by atoms with van der Waals surface area (Å²) in [6.07, 6.45) is 6.02. The maximum atomic E-state index is 10.7. The van der Waals surface area contributed by atoms with Crippen molar-refractivity contribution >= 4 is 15.9 Å². The summed E-state index contributed by atoms with van der Waals surface area (Å²) in [4.78, 5) is 17.1. The first-order valence-electron chi connectivity index (χ1n) is 10.7. The molecule has 36 heavy (non-hydrogen) atoms. The Labute approximate surface area is 210 Å². The minimum Gasteiger partial charge on any atom is -0.493 e. The Morgan fingerprint density at radius 3 is 2.03 bits per heavy atom. The van der Waals surface area contributed by atoms with Crippen molar-refractivity contribution in [1.82, 2.24) is 19.9 Å². The van der Waals surface area contributed by atoms with Crippen LogP contribution in [0.5, 0.6) is 23.1 Å². The van der Waals surface area contributed by atoms with Gasteiger partial charge in [0.15, 0.2) is 27.2 Å². The van der Waals surface area contributed by atoms with Crippen LogP contribution in [0.4, 0.5) is 0 Å². The van der Waals surface area contributed by atoms with Crippen LogP contribution in [0.3, 0.4) is 0 Å². The summed E-state index contributed by atoms with van der Waals surface area (Å²) in [6.45, 7) is 1.81. The van der Waals surface area contributed by atoms with Crippen LogP contribution in [0.2, 0.25) is 0 Å². The molecule has 0 radical (unpaired) electrons. The molecule has 0 N–H and O–H groups in total. The van der Waals surface area contributed by atoms with E-state index in [0.29, 0.717) is 40.5 Å². The van der Waals surface area contributed by atoms with Gasteiger partial charge in [-0.1, -0.05) is 42.5 Å². The maximum absolute atomic E-state index is 10.7. The normalized spacial score (nSPS) is 10.9. The zero-order valence-electron chi connectivity index (χ0n) is 20.3. The van der Waals surface area contributed by atoms with Gasteiger partial charge in [-0.2, -0.15) is 4.98 Å². The van der Waals surface area contributed by atoms with E-state index in [1.807, 2.05) is 48.5 Å². The van der Waals surface area contributed by atoms with E-state index in [1.54, 1.807) is 44.6 Å². The highest BCUT2D eigenvalue weighted by Crippen LogP contribution is 2.37. The van der Waals surface area contributed by atoms with E-state index in [9.17, 15) is 8.42 Å². The highest BCUT2D eigenvalue weighted by atomic mass is 32.2. The van der Waals surface area contributed by atoms with Crippen LogP contribution >= 0.6 is 0 Å². The minimum absolute atomic E-state index is 0.302. The third kappa shape index (κ3) is 7.60. The average molecular weight is 507 g/mol. The molecule has 0 fully saturated rings. The van der Waals surface area contributed by atoms with Crippen molar-refractivity contribution in [2.45, 2.75) is 6.92 Å². The SMILES string of the molecule is COc1ccccc1Oc1c(C)nc(-c2ncccn2)nc1OC.CS(=O)(=O)/C=C/c1ccccc1. The summed E-state index contributed by atoms with van der Waals surface area (Å²) in [5, 5.41) is 1.20. The quantitative estimate of drug-likeness (QED) is 0.350. The molecule has 4 rings (SSSR count). The summed E-state index contributed by atoms with van der Waals surface area (Å²) in [5.74, 6) is 2.67. The zero-order chi connectivity index (χ0) is 26.0. The monoisotopic (exact) mass is 506 g/mol. The van der Waals surface area contributed by atoms with Crippen molar-refractivity contribution < 1.29 is 22.6 Å². The number of methoxy groups -OCH3 is 2. The van der Waals surface area contributed by atoms with Crippen molar-refractivity contribution in [1.29, 1.82) is 0 Å². The molecule has 10 heteroatoms. The molecule has 0 saturated carbocycles. The molecule has 0 spiro atoms. The van der Waals surface area contributed by atoms with Gasteiger partial charge in [-0.3, -0.25) is 0 Å². The van der Waals surface area contributed by atoms with Gasteiger partial charge in [0, 0.05) is 24.1 Å². The van der Waals surface area contributed by atoms with E-state index >= 15 is 0 Å². The Morgan fingerprint density at radius 2 is 1.42 bits per heavy atom. The molecule has 0 bridgehead atoms. The van der Waals surface area contributed by atoms with Gasteiger partial charge in [-0.15, -0.1) is 0 Å². The van der Waals surface area contributed by atoms with E-state index < -0.39 is 9.84 Å². The van der Waals surface area contributed by atoms with Crippen LogP contribution in [0, 0.1) is 6.92 Å². The zero-order valence-corrected chi connectivity index (χ0v) is 21.1. The molecule has 0 aliphatic heterocycles. The first kappa shape index (κ1) is 26.3. The van der Waals surface area contributed by atoms with Crippen LogP contribution in [0.1, 0.15) is 11.3 Å². The molecule has 4 aromatic rings. The molecule has 0 aliphatic carbocycles. The van der Waals surface area contributed by atoms with E-state index in [2.05, 4.69) is 19.9 Å². The number of benzene rings is 2. The van der Waals surface area contributed by atoms with Gasteiger partial charge in [0.05, 0.1) is 19.9 Å². The van der Waals surface area contributed by atoms with Crippen molar-refractivity contribution in [3.63, 3.8) is 0 Å². The fourth-order valence-electron chi connectivity index (χ4n) is 2.89. The van der Waals surface area contributed by atoms with Crippen LogP contribution in [0.15, 0.2) is 78.5 Å². The van der Waals surface area contributed by atoms with Gasteiger partial charge >= 0.3 is 0 Å². The third-order valence-electron chi connectivity index (χ3n) is 4.55. The number of para-hydroxylation sites is 2. The number of sulfone groups is 1. The molecule has 0 amide bonds. The lowest BCUT2D eigenvalue weighted by Gasteiger charge is -2.14. The number of rotatable bonds is 7. The molecule has 0 saturated heterocycles. The Morgan fingerprint density at radius 1 is 0.778 bits per heavy atom. The number of nitrogens with zero attached hydrogens (tertiary/aromatic N) is 4. The number of ether oxygens (including phenoxy) is 3. The highest BCUT2D eigenvalue weighted by Gasteiger charge is 2.18. The topological polar surface area (TPSA) is 113 Å². The van der Waals surface area contributed by atoms with Crippen LogP contribution in [-0.2, 0) is 9.84 Å². The average Bonchev–Trinajstić information content (AvgIpc) is 2.90. The first-order chi connectivity index (χ1) is 17.3. The number of aromatic nitrogens is 4. The smallest absolute Gasteiger partial charge is 0.261 e. The molecular weight excluding hydrogens is 480 g/mol. The maximum Gasteiger partial charge on any atom is 0.261 e. The molecule has 9 nitrogen and oxygen atoms in total. The van der Waals surface area contributed by atoms with Crippen LogP contribution in [0.25, 0.3) is 17.7 Å². The van der Waals surface area contributed by atoms with Gasteiger partial charge < -0.3 is 14.2 Å². The predicted molar refractivity (Wildman–Crippen MR) is 138 cm³/mol. The second-order valence-electron chi connectivity index (χ2n) is 7.34. The van der Waals surface area contributed by atoms with Crippen molar-refractivity contribution in [2.24, 2.45) is 0 Å². The summed E-state index contributed by atoms with van der Waals surface area (Å²) >= 11 is 0. The number of aryl methyl sites for hydroxylation is 1. The second kappa shape index (κ2) is 12.4. The second-order valence-corrected chi connectivity index (χ2v) is 9.27. The summed E-state index contributed by atoms with van der Waals surface area (Å²) in [7, 11) is 0.0994. The molecule has 186 valence electrons. The van der Waals surface area contributed by atoms with Gasteiger partial charge in [-0.25, -0.2) is 23.4 Å². The Balaban J connectivity index is 0.000000253. The first-order valence-corrected chi connectivity index (χ1v) is 12.7. The molecule has 2 aromatic carbocycles. The Bertz CT molecular complexity index is 1410. The van der Waals surface area contributed by atoms with Gasteiger partial charge in [0.2, 0.25) is 11.6 Å². The van der Waals surface area contributed by atoms with E-state index in [-0.39, 0.29) is 0 Å². The lowest BCUT2D eigenvalue weighted by Crippen LogP contribution is -2.03. The molecule has 2 heterocycles. The molecule has 0 atom stereocenters. The van der Waals surface area contributed by atoms with E-state index in [4.69, 9.17) is 14.2 Å². The van der Waals surface area contributed by atoms with Gasteiger partial charge in [0.25, 0.3) is 5.88 Å². The molecular formula is C26H26N4O5S. The predicted octanol–water partition coefficient (Wildman–Crippen LogP) is 4.75. The molecule has 0 unspecified atom stereocenters. The fraction of sp³-hybridized carbons (Fsp3) is 0.154. The van der Waals surface area contributed by atoms with Crippen LogP contribution < -0.4 is 14.2 Å². The van der Waals surface area contributed by atoms with Crippen molar-refractivity contribution in [3.8, 4) is 34.8 Å². The van der Waals surface area contributed by atoms with E-state index in [0.717, 1.165) is 5.56 Å². The van der Waals surface area contributed by atoms with Gasteiger partial charge in [-0.05, 0) is 36.8 Å². The molecule has 2 aromatic heterocycles. The third-order valence-corrected chi connectivity index (χ3v) is 5.18. The van der Waals surface area contributed by atoms with Crippen LogP contribution in [-0.4, -0.2) is 48.8 Å².